The van der Waals surface area contributed by atoms with Crippen LogP contribution in [0.15, 0.2) is 59.5 Å². The summed E-state index contributed by atoms with van der Waals surface area (Å²) in [5, 5.41) is 0.0436. The Morgan fingerprint density at radius 3 is 2.30 bits per heavy atom. The molecule has 8 heteroatoms. The van der Waals surface area contributed by atoms with Crippen molar-refractivity contribution in [1.82, 2.24) is 4.57 Å². The second-order valence-electron chi connectivity index (χ2n) is 6.87. The predicted octanol–water partition coefficient (Wildman–Crippen LogP) is 4.19. The summed E-state index contributed by atoms with van der Waals surface area (Å²) >= 11 is 6.01. The summed E-state index contributed by atoms with van der Waals surface area (Å²) in [7, 11) is -3.52. The van der Waals surface area contributed by atoms with Gasteiger partial charge in [-0.05, 0) is 50.2 Å². The monoisotopic (exact) mass is 445 g/mol. The highest BCUT2D eigenvalue weighted by molar-refractivity contribution is 7.90. The van der Waals surface area contributed by atoms with Gasteiger partial charge in [0.05, 0.1) is 15.5 Å². The Morgan fingerprint density at radius 1 is 1.00 bits per heavy atom. The van der Waals surface area contributed by atoms with Crippen molar-refractivity contribution in [2.24, 2.45) is 0 Å². The minimum absolute atomic E-state index is 0.0436. The first kappa shape index (κ1) is 21.8. The number of carbonyl (C=O) groups is 2. The number of hydrogen-bond acceptors (Lipinski definition) is 5. The van der Waals surface area contributed by atoms with E-state index in [0.29, 0.717) is 5.56 Å². The quantitative estimate of drug-likeness (QED) is 0.419. The molecule has 3 aromatic rings. The van der Waals surface area contributed by atoms with Gasteiger partial charge in [0.25, 0.3) is 0 Å². The highest BCUT2D eigenvalue weighted by Crippen LogP contribution is 2.23. The molecule has 0 saturated carbocycles. The van der Waals surface area contributed by atoms with Crippen molar-refractivity contribution in [3.05, 3.63) is 82.1 Å². The fourth-order valence-electron chi connectivity index (χ4n) is 3.20. The largest absolute Gasteiger partial charge is 0.454 e. The second-order valence-corrected chi connectivity index (χ2v) is 9.29. The van der Waals surface area contributed by atoms with Gasteiger partial charge in [-0.3, -0.25) is 4.79 Å². The van der Waals surface area contributed by atoms with Gasteiger partial charge in [0, 0.05) is 28.9 Å². The average Bonchev–Trinajstić information content (AvgIpc) is 3.00. The van der Waals surface area contributed by atoms with Crippen molar-refractivity contribution in [3.63, 3.8) is 0 Å². The number of Topliss-reactive ketones (excluding diaryl/α,β-unsaturated/α-hetero) is 1. The third kappa shape index (κ3) is 4.47. The molecule has 30 heavy (non-hydrogen) atoms. The summed E-state index contributed by atoms with van der Waals surface area (Å²) in [5.74, 6) is -1.23. The smallest absolute Gasteiger partial charge is 0.340 e. The summed E-state index contributed by atoms with van der Waals surface area (Å²) in [6.45, 7) is 3.22. The van der Waals surface area contributed by atoms with Gasteiger partial charge in [-0.1, -0.05) is 29.8 Å². The van der Waals surface area contributed by atoms with Crippen LogP contribution in [0.5, 0.6) is 0 Å². The van der Waals surface area contributed by atoms with Crippen molar-refractivity contribution in [3.8, 4) is 5.69 Å². The first-order valence-corrected chi connectivity index (χ1v) is 11.3. The number of hydrogen-bond donors (Lipinski definition) is 0. The number of esters is 1. The van der Waals surface area contributed by atoms with E-state index in [1.165, 1.54) is 12.1 Å². The lowest BCUT2D eigenvalue weighted by Gasteiger charge is -2.10. The van der Waals surface area contributed by atoms with Crippen LogP contribution in [0, 0.1) is 13.8 Å². The summed E-state index contributed by atoms with van der Waals surface area (Å²) in [6.07, 6.45) is 1.03. The number of carbonyl (C=O) groups excluding carboxylic acids is 2. The van der Waals surface area contributed by atoms with Gasteiger partial charge in [-0.25, -0.2) is 13.2 Å². The van der Waals surface area contributed by atoms with Gasteiger partial charge >= 0.3 is 5.97 Å². The molecule has 0 bridgehead atoms. The molecule has 0 amide bonds. The van der Waals surface area contributed by atoms with Gasteiger partial charge in [0.1, 0.15) is 0 Å². The molecular formula is C22H20ClNO5S. The first-order valence-electron chi connectivity index (χ1n) is 9.04. The number of ether oxygens (including phenoxy) is 1. The lowest BCUT2D eigenvalue weighted by molar-refractivity contribution is 0.0474. The molecule has 6 nitrogen and oxygen atoms in total. The molecule has 0 radical (unpaired) electrons. The highest BCUT2D eigenvalue weighted by Gasteiger charge is 2.21. The zero-order valence-electron chi connectivity index (χ0n) is 16.7. The van der Waals surface area contributed by atoms with Crippen LogP contribution in [0.3, 0.4) is 0 Å². The third-order valence-electron chi connectivity index (χ3n) is 4.67. The number of halogens is 1. The Kier molecular flexibility index (Phi) is 6.14. The number of para-hydroxylation sites is 1. The Balaban J connectivity index is 1.79. The van der Waals surface area contributed by atoms with Gasteiger partial charge in [-0.15, -0.1) is 0 Å². The van der Waals surface area contributed by atoms with Crippen LogP contribution in [0.2, 0.25) is 5.02 Å². The summed E-state index contributed by atoms with van der Waals surface area (Å²) < 4.78 is 30.5. The van der Waals surface area contributed by atoms with E-state index >= 15 is 0 Å². The minimum Gasteiger partial charge on any atom is -0.454 e. The Labute approximate surface area is 180 Å². The second kappa shape index (κ2) is 8.45. The number of nitrogens with zero attached hydrogens (tertiary/aromatic N) is 1. The van der Waals surface area contributed by atoms with Gasteiger partial charge in [0.2, 0.25) is 5.78 Å². The molecule has 3 rings (SSSR count). The zero-order chi connectivity index (χ0) is 22.1. The third-order valence-corrected chi connectivity index (χ3v) is 6.11. The molecule has 156 valence electrons. The molecule has 0 aliphatic heterocycles. The van der Waals surface area contributed by atoms with Crippen LogP contribution in [-0.2, 0) is 14.6 Å². The summed E-state index contributed by atoms with van der Waals surface area (Å²) in [4.78, 5) is 25.0. The number of ketones is 1. The summed E-state index contributed by atoms with van der Waals surface area (Å²) in [5.41, 5.74) is 2.87. The maximum atomic E-state index is 12.7. The van der Waals surface area contributed by atoms with Crippen LogP contribution in [0.25, 0.3) is 5.69 Å². The molecule has 0 aliphatic carbocycles. The number of sulfone groups is 1. The van der Waals surface area contributed by atoms with E-state index in [2.05, 4.69) is 0 Å². The van der Waals surface area contributed by atoms with Crippen molar-refractivity contribution >= 4 is 33.2 Å². The van der Waals surface area contributed by atoms with Crippen LogP contribution in [-0.4, -0.2) is 37.6 Å². The van der Waals surface area contributed by atoms with Crippen molar-refractivity contribution in [2.75, 3.05) is 12.9 Å². The molecule has 0 saturated heterocycles. The normalized spacial score (nSPS) is 11.3. The Hall–Kier alpha value is -2.90. The van der Waals surface area contributed by atoms with E-state index in [0.717, 1.165) is 29.4 Å². The van der Waals surface area contributed by atoms with Gasteiger partial charge in [0.15, 0.2) is 16.4 Å². The van der Waals surface area contributed by atoms with Crippen molar-refractivity contribution in [2.45, 2.75) is 18.7 Å². The minimum atomic E-state index is -3.52. The Bertz CT molecular complexity index is 1230. The van der Waals surface area contributed by atoms with E-state index in [1.54, 1.807) is 6.07 Å². The van der Waals surface area contributed by atoms with E-state index in [4.69, 9.17) is 16.3 Å². The molecule has 2 aromatic carbocycles. The maximum absolute atomic E-state index is 12.7. The molecule has 0 spiro atoms. The summed E-state index contributed by atoms with van der Waals surface area (Å²) in [6, 6.07) is 15.1. The molecule has 0 fully saturated rings. The predicted molar refractivity (Wildman–Crippen MR) is 114 cm³/mol. The number of aromatic nitrogens is 1. The van der Waals surface area contributed by atoms with Gasteiger partial charge in [-0.2, -0.15) is 0 Å². The number of aryl methyl sites for hydroxylation is 1. The van der Waals surface area contributed by atoms with Crippen LogP contribution in [0.4, 0.5) is 0 Å². The fraction of sp³-hybridized carbons (Fsp3) is 0.182. The SMILES string of the molecule is Cc1cc(C(=O)COC(=O)c2cc(S(C)(=O)=O)ccc2Cl)c(C)n1-c1ccccc1. The van der Waals surface area contributed by atoms with Crippen molar-refractivity contribution < 1.29 is 22.7 Å². The highest BCUT2D eigenvalue weighted by atomic mass is 35.5. The van der Waals surface area contributed by atoms with E-state index in [9.17, 15) is 18.0 Å². The molecule has 0 atom stereocenters. The fourth-order valence-corrected chi connectivity index (χ4v) is 4.04. The molecule has 1 heterocycles. The topological polar surface area (TPSA) is 82.4 Å². The molecular weight excluding hydrogens is 426 g/mol. The molecule has 0 N–H and O–H groups in total. The Morgan fingerprint density at radius 2 is 1.67 bits per heavy atom. The number of benzene rings is 2. The molecule has 0 aliphatic rings. The van der Waals surface area contributed by atoms with Crippen LogP contribution in [0.1, 0.15) is 32.1 Å². The van der Waals surface area contributed by atoms with E-state index in [1.807, 2.05) is 48.7 Å². The van der Waals surface area contributed by atoms with Gasteiger partial charge < -0.3 is 9.30 Å². The van der Waals surface area contributed by atoms with Crippen LogP contribution >= 0.6 is 11.6 Å². The zero-order valence-corrected chi connectivity index (χ0v) is 18.3. The molecule has 0 unspecified atom stereocenters. The standard InChI is InChI=1S/C22H20ClNO5S/c1-14-11-18(15(2)24(14)16-7-5-4-6-8-16)21(25)13-29-22(26)19-12-17(30(3,27)28)9-10-20(19)23/h4-12H,13H2,1-3H3. The van der Waals surface area contributed by atoms with Crippen LogP contribution < -0.4 is 0 Å². The van der Waals surface area contributed by atoms with E-state index in [-0.39, 0.29) is 21.3 Å². The lowest BCUT2D eigenvalue weighted by atomic mass is 10.1. The maximum Gasteiger partial charge on any atom is 0.340 e. The lowest BCUT2D eigenvalue weighted by Crippen LogP contribution is -2.15. The number of rotatable bonds is 6. The van der Waals surface area contributed by atoms with E-state index < -0.39 is 22.4 Å². The molecule has 1 aromatic heterocycles. The average molecular weight is 446 g/mol. The van der Waals surface area contributed by atoms with Crippen molar-refractivity contribution in [1.29, 1.82) is 0 Å². The first-order chi connectivity index (χ1) is 14.1.